The zero-order valence-corrected chi connectivity index (χ0v) is 14.9. The van der Waals surface area contributed by atoms with Crippen LogP contribution in [0.2, 0.25) is 0 Å². The number of nitrogens with zero attached hydrogens (tertiary/aromatic N) is 1. The molecule has 6 unspecified atom stereocenters. The van der Waals surface area contributed by atoms with E-state index >= 15 is 0 Å². The van der Waals surface area contributed by atoms with Crippen LogP contribution in [0.1, 0.15) is 43.0 Å². The van der Waals surface area contributed by atoms with E-state index in [4.69, 9.17) is 0 Å². The van der Waals surface area contributed by atoms with Gasteiger partial charge in [-0.3, -0.25) is 4.90 Å². The van der Waals surface area contributed by atoms with Gasteiger partial charge in [-0.25, -0.2) is 0 Å². The maximum absolute atomic E-state index is 10.6. The summed E-state index contributed by atoms with van der Waals surface area (Å²) in [6.07, 6.45) is -1.06. The van der Waals surface area contributed by atoms with Crippen molar-refractivity contribution in [3.8, 4) is 0 Å². The number of hydrogen-bond donors (Lipinski definition) is 3. The number of aliphatic hydroxyl groups is 3. The van der Waals surface area contributed by atoms with Crippen molar-refractivity contribution in [2.75, 3.05) is 13.7 Å². The van der Waals surface area contributed by atoms with Crippen molar-refractivity contribution in [3.63, 3.8) is 0 Å². The first-order valence-electron chi connectivity index (χ1n) is 8.54. The Balaban J connectivity index is 2.44. The van der Waals surface area contributed by atoms with Gasteiger partial charge in [0.05, 0.1) is 12.7 Å². The summed E-state index contributed by atoms with van der Waals surface area (Å²) in [4.78, 5) is 2.29. The summed E-state index contributed by atoms with van der Waals surface area (Å²) in [5.74, 6) is 0.157. The fourth-order valence-corrected chi connectivity index (χ4v) is 4.01. The second-order valence-corrected chi connectivity index (χ2v) is 7.33. The largest absolute Gasteiger partial charge is 0.394 e. The molecule has 0 amide bonds. The van der Waals surface area contributed by atoms with E-state index in [1.807, 2.05) is 0 Å². The van der Waals surface area contributed by atoms with Gasteiger partial charge in [-0.15, -0.1) is 0 Å². The quantitative estimate of drug-likeness (QED) is 0.794. The van der Waals surface area contributed by atoms with E-state index in [0.29, 0.717) is 6.04 Å². The second-order valence-electron chi connectivity index (χ2n) is 7.33. The van der Waals surface area contributed by atoms with Gasteiger partial charge in [0.1, 0.15) is 6.10 Å². The number of aliphatic hydroxyl groups excluding tert-OH is 3. The van der Waals surface area contributed by atoms with Crippen molar-refractivity contribution >= 4 is 0 Å². The first-order chi connectivity index (χ1) is 10.8. The van der Waals surface area contributed by atoms with Gasteiger partial charge in [0.15, 0.2) is 0 Å². The van der Waals surface area contributed by atoms with E-state index in [0.717, 1.165) is 6.42 Å². The van der Waals surface area contributed by atoms with Gasteiger partial charge >= 0.3 is 0 Å². The van der Waals surface area contributed by atoms with Crippen molar-refractivity contribution in [2.45, 2.75) is 58.4 Å². The van der Waals surface area contributed by atoms with E-state index < -0.39 is 18.8 Å². The van der Waals surface area contributed by atoms with Crippen molar-refractivity contribution in [3.05, 3.63) is 34.9 Å². The van der Waals surface area contributed by atoms with Gasteiger partial charge in [-0.1, -0.05) is 25.1 Å². The average Bonchev–Trinajstić information content (AvgIpc) is 2.52. The van der Waals surface area contributed by atoms with Crippen LogP contribution in [0.4, 0.5) is 0 Å². The highest BCUT2D eigenvalue weighted by Crippen LogP contribution is 2.43. The molecule has 3 N–H and O–H groups in total. The molecule has 0 radical (unpaired) electrons. The molecule has 1 aliphatic rings. The molecule has 4 nitrogen and oxygen atoms in total. The number of aryl methyl sites for hydroxylation is 2. The molecule has 130 valence electrons. The molecule has 1 aromatic carbocycles. The molecule has 1 fully saturated rings. The Hall–Kier alpha value is -0.940. The predicted octanol–water partition coefficient (Wildman–Crippen LogP) is 2.03. The first kappa shape index (κ1) is 18.4. The minimum atomic E-state index is -1.10. The van der Waals surface area contributed by atoms with Crippen molar-refractivity contribution < 1.29 is 15.3 Å². The number of piperidine rings is 1. The Kier molecular flexibility index (Phi) is 5.84. The molecule has 1 aliphatic heterocycles. The zero-order valence-electron chi connectivity index (χ0n) is 14.9. The standard InChI is InChI=1S/C19H31NO3/c1-11-6-7-15(9-12(11)2)18-17(19(23)16(22)10-21)13(3)8-14(4)20(18)5/h6-7,9,13-14,16-19,21-23H,8,10H2,1-5H3. The first-order valence-corrected chi connectivity index (χ1v) is 8.54. The summed E-state index contributed by atoms with van der Waals surface area (Å²) in [6.45, 7) is 8.12. The van der Waals surface area contributed by atoms with Gasteiger partial charge in [-0.05, 0) is 56.8 Å². The predicted molar refractivity (Wildman–Crippen MR) is 92.3 cm³/mol. The normalized spacial score (nSPS) is 31.8. The highest BCUT2D eigenvalue weighted by atomic mass is 16.4. The number of likely N-dealkylation sites (tertiary alicyclic amines) is 1. The number of benzene rings is 1. The van der Waals surface area contributed by atoms with Crippen molar-refractivity contribution in [1.29, 1.82) is 0 Å². The minimum Gasteiger partial charge on any atom is -0.394 e. The lowest BCUT2D eigenvalue weighted by atomic mass is 9.71. The van der Waals surface area contributed by atoms with Crippen LogP contribution < -0.4 is 0 Å². The summed E-state index contributed by atoms with van der Waals surface area (Å²) in [7, 11) is 2.08. The fourth-order valence-electron chi connectivity index (χ4n) is 4.01. The molecular formula is C19H31NO3. The van der Waals surface area contributed by atoms with Crippen LogP contribution in [-0.4, -0.2) is 52.1 Å². The molecule has 1 heterocycles. The van der Waals surface area contributed by atoms with Gasteiger partial charge in [0.25, 0.3) is 0 Å². The molecule has 1 aromatic rings. The fraction of sp³-hybridized carbons (Fsp3) is 0.684. The molecule has 1 saturated heterocycles. The number of rotatable bonds is 4. The topological polar surface area (TPSA) is 63.9 Å². The monoisotopic (exact) mass is 321 g/mol. The summed E-state index contributed by atoms with van der Waals surface area (Å²) in [6, 6.07) is 6.87. The molecule has 23 heavy (non-hydrogen) atoms. The maximum atomic E-state index is 10.6. The minimum absolute atomic E-state index is 0.0317. The van der Waals surface area contributed by atoms with Crippen molar-refractivity contribution in [2.24, 2.45) is 11.8 Å². The second kappa shape index (κ2) is 7.31. The number of hydrogen-bond acceptors (Lipinski definition) is 4. The van der Waals surface area contributed by atoms with Gasteiger partial charge < -0.3 is 15.3 Å². The van der Waals surface area contributed by atoms with Gasteiger partial charge in [0.2, 0.25) is 0 Å². The molecule has 2 rings (SSSR count). The maximum Gasteiger partial charge on any atom is 0.103 e. The third-order valence-electron chi connectivity index (χ3n) is 5.72. The molecule has 0 aromatic heterocycles. The van der Waals surface area contributed by atoms with Crippen LogP contribution in [0.15, 0.2) is 18.2 Å². The Morgan fingerprint density at radius 1 is 1.17 bits per heavy atom. The van der Waals surface area contributed by atoms with E-state index in [1.54, 1.807) is 0 Å². The van der Waals surface area contributed by atoms with E-state index in [-0.39, 0.29) is 17.9 Å². The Labute approximate surface area is 139 Å². The van der Waals surface area contributed by atoms with E-state index in [9.17, 15) is 15.3 Å². The molecule has 0 bridgehead atoms. The molecule has 0 saturated carbocycles. The smallest absolute Gasteiger partial charge is 0.103 e. The lowest BCUT2D eigenvalue weighted by molar-refractivity contribution is -0.101. The van der Waals surface area contributed by atoms with Crippen LogP contribution in [0.25, 0.3) is 0 Å². The van der Waals surface area contributed by atoms with Crippen LogP contribution in [0, 0.1) is 25.7 Å². The average molecular weight is 321 g/mol. The van der Waals surface area contributed by atoms with Crippen molar-refractivity contribution in [1.82, 2.24) is 4.90 Å². The van der Waals surface area contributed by atoms with Crippen LogP contribution in [-0.2, 0) is 0 Å². The Morgan fingerprint density at radius 2 is 1.83 bits per heavy atom. The molecule has 6 atom stereocenters. The summed E-state index contributed by atoms with van der Waals surface area (Å²) in [5.41, 5.74) is 3.65. The van der Waals surface area contributed by atoms with E-state index in [1.165, 1.54) is 16.7 Å². The zero-order chi connectivity index (χ0) is 17.3. The molecular weight excluding hydrogens is 290 g/mol. The van der Waals surface area contributed by atoms with Crippen LogP contribution >= 0.6 is 0 Å². The van der Waals surface area contributed by atoms with Crippen LogP contribution in [0.3, 0.4) is 0 Å². The van der Waals surface area contributed by atoms with Gasteiger partial charge in [0, 0.05) is 18.0 Å². The summed E-state index contributed by atoms with van der Waals surface area (Å²) >= 11 is 0. The summed E-state index contributed by atoms with van der Waals surface area (Å²) < 4.78 is 0. The molecule has 4 heteroatoms. The Morgan fingerprint density at radius 3 is 2.39 bits per heavy atom. The van der Waals surface area contributed by atoms with E-state index in [2.05, 4.69) is 57.8 Å². The highest BCUT2D eigenvalue weighted by molar-refractivity contribution is 5.32. The van der Waals surface area contributed by atoms with Crippen LogP contribution in [0.5, 0.6) is 0 Å². The van der Waals surface area contributed by atoms with Gasteiger partial charge in [-0.2, -0.15) is 0 Å². The lowest BCUT2D eigenvalue weighted by Gasteiger charge is -2.49. The lowest BCUT2D eigenvalue weighted by Crippen LogP contribution is -2.52. The third-order valence-corrected chi connectivity index (χ3v) is 5.72. The highest BCUT2D eigenvalue weighted by Gasteiger charge is 2.44. The third kappa shape index (κ3) is 3.61. The summed E-state index contributed by atoms with van der Waals surface area (Å²) in [5, 5.41) is 29.9. The molecule has 0 aliphatic carbocycles. The molecule has 0 spiro atoms. The Bertz CT molecular complexity index is 533. The SMILES string of the molecule is Cc1ccc(C2C(C(O)C(O)CO)C(C)CC(C)N2C)cc1C.